The molecule has 1 amide bonds. The van der Waals surface area contributed by atoms with E-state index in [-0.39, 0.29) is 37.5 Å². The molecule has 0 heterocycles. The smallest absolute Gasteiger partial charge is 0.303 e. The van der Waals surface area contributed by atoms with E-state index in [9.17, 15) is 19.8 Å². The Balaban J connectivity index is 2.56. The number of amides is 1. The van der Waals surface area contributed by atoms with Gasteiger partial charge in [0.25, 0.3) is 0 Å². The van der Waals surface area contributed by atoms with Crippen molar-refractivity contribution >= 4 is 11.9 Å². The number of likely N-dealkylation sites (N-methyl/N-ethyl adjacent to an activating group) is 1. The largest absolute Gasteiger partial charge is 0.508 e. The van der Waals surface area contributed by atoms with Gasteiger partial charge in [-0.2, -0.15) is 0 Å². The first kappa shape index (κ1) is 17.0. The highest BCUT2D eigenvalue weighted by Gasteiger charge is 2.17. The number of carbonyl (C=O) groups excluding carboxylic acids is 1. The quantitative estimate of drug-likeness (QED) is 0.675. The molecule has 116 valence electrons. The summed E-state index contributed by atoms with van der Waals surface area (Å²) in [6, 6.07) is 6.25. The van der Waals surface area contributed by atoms with Gasteiger partial charge in [-0.25, -0.2) is 0 Å². The first-order valence-electron chi connectivity index (χ1n) is 6.90. The van der Waals surface area contributed by atoms with Crippen LogP contribution in [0.4, 0.5) is 0 Å². The zero-order valence-electron chi connectivity index (χ0n) is 12.0. The number of nitrogens with zero attached hydrogens (tertiary/aromatic N) is 1. The summed E-state index contributed by atoms with van der Waals surface area (Å²) in [6.07, 6.45) is -0.501. The maximum Gasteiger partial charge on any atom is 0.303 e. The second-order valence-electron chi connectivity index (χ2n) is 4.79. The maximum atomic E-state index is 12.0. The van der Waals surface area contributed by atoms with Gasteiger partial charge in [-0.3, -0.25) is 9.59 Å². The lowest BCUT2D eigenvalue weighted by molar-refractivity contribution is -0.137. The second kappa shape index (κ2) is 8.26. The van der Waals surface area contributed by atoms with Crippen molar-refractivity contribution in [1.29, 1.82) is 0 Å². The summed E-state index contributed by atoms with van der Waals surface area (Å²) < 4.78 is 0. The van der Waals surface area contributed by atoms with Gasteiger partial charge in [0.15, 0.2) is 0 Å². The minimum atomic E-state index is -0.925. The lowest BCUT2D eigenvalue weighted by atomic mass is 10.1. The number of hydrogen-bond donors (Lipinski definition) is 3. The molecule has 0 spiro atoms. The van der Waals surface area contributed by atoms with Crippen LogP contribution in [0.15, 0.2) is 24.3 Å². The van der Waals surface area contributed by atoms with Crippen LogP contribution in [0, 0.1) is 0 Å². The zero-order chi connectivity index (χ0) is 15.8. The average molecular weight is 295 g/mol. The summed E-state index contributed by atoms with van der Waals surface area (Å²) in [7, 11) is 0. The molecule has 0 aliphatic rings. The van der Waals surface area contributed by atoms with E-state index in [1.165, 1.54) is 17.0 Å². The van der Waals surface area contributed by atoms with Crippen molar-refractivity contribution < 1.29 is 24.9 Å². The third kappa shape index (κ3) is 5.83. The minimum Gasteiger partial charge on any atom is -0.508 e. The van der Waals surface area contributed by atoms with Crippen LogP contribution in [-0.2, 0) is 9.59 Å². The van der Waals surface area contributed by atoms with Crippen molar-refractivity contribution in [1.82, 2.24) is 4.90 Å². The number of aliphatic carboxylic acids is 1. The summed E-state index contributed by atoms with van der Waals surface area (Å²) in [5.41, 5.74) is 0.534. The Labute approximate surface area is 123 Å². The number of aliphatic hydroxyl groups is 1. The SMILES string of the molecule is CCN(C[C@H](O)c1cccc(O)c1)C(=O)CCCC(=O)O. The monoisotopic (exact) mass is 295 g/mol. The Kier molecular flexibility index (Phi) is 6.68. The number of aromatic hydroxyl groups is 1. The molecule has 1 atom stereocenters. The van der Waals surface area contributed by atoms with Crippen LogP contribution in [0.5, 0.6) is 5.75 Å². The molecule has 0 unspecified atom stereocenters. The molecule has 6 nitrogen and oxygen atoms in total. The summed E-state index contributed by atoms with van der Waals surface area (Å²) >= 11 is 0. The van der Waals surface area contributed by atoms with E-state index < -0.39 is 12.1 Å². The van der Waals surface area contributed by atoms with Crippen molar-refractivity contribution in [3.8, 4) is 5.75 Å². The van der Waals surface area contributed by atoms with E-state index in [1.807, 2.05) is 0 Å². The molecule has 0 aliphatic carbocycles. The number of benzene rings is 1. The number of phenolic OH excluding ortho intramolecular Hbond substituents is 1. The number of aliphatic hydroxyl groups excluding tert-OH is 1. The van der Waals surface area contributed by atoms with E-state index >= 15 is 0 Å². The van der Waals surface area contributed by atoms with Crippen LogP contribution in [0.1, 0.15) is 37.9 Å². The fourth-order valence-corrected chi connectivity index (χ4v) is 2.00. The van der Waals surface area contributed by atoms with Gasteiger partial charge < -0.3 is 20.2 Å². The number of hydrogen-bond acceptors (Lipinski definition) is 4. The number of rotatable bonds is 8. The van der Waals surface area contributed by atoms with Crippen molar-refractivity contribution in [2.45, 2.75) is 32.3 Å². The fourth-order valence-electron chi connectivity index (χ4n) is 2.00. The molecule has 0 aromatic heterocycles. The molecular weight excluding hydrogens is 274 g/mol. The Morgan fingerprint density at radius 1 is 1.29 bits per heavy atom. The Hall–Kier alpha value is -2.08. The van der Waals surface area contributed by atoms with Crippen molar-refractivity contribution in [3.63, 3.8) is 0 Å². The molecule has 1 aromatic carbocycles. The molecule has 0 bridgehead atoms. The van der Waals surface area contributed by atoms with Crippen molar-refractivity contribution in [2.24, 2.45) is 0 Å². The van der Waals surface area contributed by atoms with Gasteiger partial charge in [0.1, 0.15) is 5.75 Å². The summed E-state index contributed by atoms with van der Waals surface area (Å²) in [4.78, 5) is 23.9. The van der Waals surface area contributed by atoms with Gasteiger partial charge in [-0.1, -0.05) is 12.1 Å². The number of carboxylic acids is 1. The van der Waals surface area contributed by atoms with Crippen LogP contribution in [-0.4, -0.2) is 45.2 Å². The predicted molar refractivity (Wildman–Crippen MR) is 76.8 cm³/mol. The number of carbonyl (C=O) groups is 2. The Bertz CT molecular complexity index is 489. The normalized spacial score (nSPS) is 11.9. The standard InChI is InChI=1S/C15H21NO5/c1-2-16(14(19)7-4-8-15(20)21)10-13(18)11-5-3-6-12(17)9-11/h3,5-6,9,13,17-18H,2,4,7-8,10H2,1H3,(H,20,21)/t13-/m0/s1. The molecule has 0 saturated carbocycles. The van der Waals surface area contributed by atoms with Crippen LogP contribution < -0.4 is 0 Å². The van der Waals surface area contributed by atoms with Crippen LogP contribution in [0.2, 0.25) is 0 Å². The van der Waals surface area contributed by atoms with E-state index in [0.717, 1.165) is 0 Å². The van der Waals surface area contributed by atoms with E-state index in [0.29, 0.717) is 12.1 Å². The van der Waals surface area contributed by atoms with Crippen LogP contribution >= 0.6 is 0 Å². The fraction of sp³-hybridized carbons (Fsp3) is 0.467. The molecule has 0 radical (unpaired) electrons. The van der Waals surface area contributed by atoms with Crippen molar-refractivity contribution in [2.75, 3.05) is 13.1 Å². The van der Waals surface area contributed by atoms with Crippen molar-refractivity contribution in [3.05, 3.63) is 29.8 Å². The second-order valence-corrected chi connectivity index (χ2v) is 4.79. The number of carboxylic acid groups (broad SMARTS) is 1. The van der Waals surface area contributed by atoms with E-state index in [4.69, 9.17) is 5.11 Å². The topological polar surface area (TPSA) is 98.1 Å². The maximum absolute atomic E-state index is 12.0. The van der Waals surface area contributed by atoms with E-state index in [1.54, 1.807) is 19.1 Å². The molecule has 6 heteroatoms. The lowest BCUT2D eigenvalue weighted by Crippen LogP contribution is -2.34. The highest BCUT2D eigenvalue weighted by Crippen LogP contribution is 2.19. The molecule has 1 aromatic rings. The molecule has 0 saturated heterocycles. The third-order valence-electron chi connectivity index (χ3n) is 3.16. The Morgan fingerprint density at radius 3 is 2.57 bits per heavy atom. The third-order valence-corrected chi connectivity index (χ3v) is 3.16. The molecule has 0 fully saturated rings. The highest BCUT2D eigenvalue weighted by molar-refractivity contribution is 5.77. The highest BCUT2D eigenvalue weighted by atomic mass is 16.4. The van der Waals surface area contributed by atoms with Gasteiger partial charge in [0, 0.05) is 19.4 Å². The molecule has 21 heavy (non-hydrogen) atoms. The first-order chi connectivity index (χ1) is 9.93. The van der Waals surface area contributed by atoms with Gasteiger partial charge >= 0.3 is 5.97 Å². The molecular formula is C15H21NO5. The molecule has 0 aliphatic heterocycles. The first-order valence-corrected chi connectivity index (χ1v) is 6.90. The number of phenols is 1. The summed E-state index contributed by atoms with van der Waals surface area (Å²) in [5.74, 6) is -1.05. The molecule has 3 N–H and O–H groups in total. The average Bonchev–Trinajstić information content (AvgIpc) is 2.43. The van der Waals surface area contributed by atoms with Gasteiger partial charge in [-0.15, -0.1) is 0 Å². The van der Waals surface area contributed by atoms with Gasteiger partial charge in [0.2, 0.25) is 5.91 Å². The minimum absolute atomic E-state index is 0.0432. The van der Waals surface area contributed by atoms with E-state index in [2.05, 4.69) is 0 Å². The van der Waals surface area contributed by atoms with Crippen LogP contribution in [0.25, 0.3) is 0 Å². The predicted octanol–water partition coefficient (Wildman–Crippen LogP) is 1.53. The van der Waals surface area contributed by atoms with Gasteiger partial charge in [-0.05, 0) is 31.0 Å². The molecule has 1 rings (SSSR count). The Morgan fingerprint density at radius 2 is 2.00 bits per heavy atom. The summed E-state index contributed by atoms with van der Waals surface area (Å²) in [5, 5.41) is 28.0. The van der Waals surface area contributed by atoms with Crippen LogP contribution in [0.3, 0.4) is 0 Å². The van der Waals surface area contributed by atoms with Gasteiger partial charge in [0.05, 0.1) is 12.6 Å². The summed E-state index contributed by atoms with van der Waals surface area (Å²) in [6.45, 7) is 2.35. The lowest BCUT2D eigenvalue weighted by Gasteiger charge is -2.24. The zero-order valence-corrected chi connectivity index (χ0v) is 12.0.